The zero-order valence-electron chi connectivity index (χ0n) is 15.3. The number of ether oxygens (including phenoxy) is 1. The number of nitrogens with zero attached hydrogens (tertiary/aromatic N) is 3. The van der Waals surface area contributed by atoms with Crippen molar-refractivity contribution < 1.29 is 9.53 Å². The van der Waals surface area contributed by atoms with Crippen LogP contribution in [0.3, 0.4) is 0 Å². The lowest BCUT2D eigenvalue weighted by molar-refractivity contribution is 0.0718. The van der Waals surface area contributed by atoms with Gasteiger partial charge in [-0.3, -0.25) is 4.79 Å². The molecule has 1 fully saturated rings. The first-order chi connectivity index (χ1) is 12.5. The quantitative estimate of drug-likeness (QED) is 0.871. The zero-order valence-corrected chi connectivity index (χ0v) is 16.1. The Morgan fingerprint density at radius 3 is 2.58 bits per heavy atom. The Morgan fingerprint density at radius 2 is 1.88 bits per heavy atom. The van der Waals surface area contributed by atoms with E-state index in [4.69, 9.17) is 16.3 Å². The first-order valence-corrected chi connectivity index (χ1v) is 9.12. The van der Waals surface area contributed by atoms with Crippen molar-refractivity contribution in [3.63, 3.8) is 0 Å². The third kappa shape index (κ3) is 4.07. The van der Waals surface area contributed by atoms with Gasteiger partial charge in [-0.2, -0.15) is 0 Å². The van der Waals surface area contributed by atoms with Crippen LogP contribution in [0.15, 0.2) is 18.2 Å². The van der Waals surface area contributed by atoms with Gasteiger partial charge in [-0.05, 0) is 44.7 Å². The largest absolute Gasteiger partial charge is 0.495 e. The summed E-state index contributed by atoms with van der Waals surface area (Å²) in [5.41, 5.74) is 2.07. The average molecular weight is 375 g/mol. The number of carbonyl (C=O) groups excluding carboxylic acids is 1. The minimum atomic E-state index is -0.0440. The van der Waals surface area contributed by atoms with Crippen molar-refractivity contribution in [2.75, 3.05) is 25.5 Å². The molecule has 1 amide bonds. The highest BCUT2D eigenvalue weighted by Crippen LogP contribution is 2.32. The monoisotopic (exact) mass is 374 g/mol. The number of methoxy groups -OCH3 is 1. The molecule has 0 aliphatic carbocycles. The molecular weight excluding hydrogens is 352 g/mol. The summed E-state index contributed by atoms with van der Waals surface area (Å²) in [4.78, 5) is 23.3. The van der Waals surface area contributed by atoms with Crippen molar-refractivity contribution in [1.82, 2.24) is 14.9 Å². The number of likely N-dealkylation sites (tertiary alicyclic amines) is 1. The molecule has 2 aromatic rings. The number of halogens is 1. The average Bonchev–Trinajstić information content (AvgIpc) is 2.64. The van der Waals surface area contributed by atoms with E-state index in [9.17, 15) is 4.79 Å². The van der Waals surface area contributed by atoms with Crippen LogP contribution in [0.4, 0.5) is 11.5 Å². The molecule has 1 N–H and O–H groups in total. The van der Waals surface area contributed by atoms with Gasteiger partial charge in [-0.1, -0.05) is 11.6 Å². The Hall–Kier alpha value is -2.34. The number of hydrogen-bond acceptors (Lipinski definition) is 5. The molecule has 1 saturated heterocycles. The molecule has 0 bridgehead atoms. The Morgan fingerprint density at radius 1 is 1.15 bits per heavy atom. The standard InChI is InChI=1S/C19H23ClN4O2/c1-12-9-15(17(26-3)10-14(12)20)23-18-11-16(21-13(2)22-18)19(25)24-7-5-4-6-8-24/h9-11H,4-8H2,1-3H3,(H,21,22,23). The Bertz CT molecular complexity index is 819. The van der Waals surface area contributed by atoms with Crippen molar-refractivity contribution in [3.8, 4) is 5.75 Å². The van der Waals surface area contributed by atoms with Gasteiger partial charge in [0.15, 0.2) is 0 Å². The molecular formula is C19H23ClN4O2. The van der Waals surface area contributed by atoms with E-state index >= 15 is 0 Å². The summed E-state index contributed by atoms with van der Waals surface area (Å²) in [6.45, 7) is 5.27. The lowest BCUT2D eigenvalue weighted by Crippen LogP contribution is -2.36. The second-order valence-electron chi connectivity index (χ2n) is 6.47. The fourth-order valence-corrected chi connectivity index (χ4v) is 3.22. The fourth-order valence-electron chi connectivity index (χ4n) is 3.07. The summed E-state index contributed by atoms with van der Waals surface area (Å²) < 4.78 is 5.39. The maximum absolute atomic E-state index is 12.7. The van der Waals surface area contributed by atoms with E-state index in [0.717, 1.165) is 37.2 Å². The number of nitrogens with one attached hydrogen (secondary N) is 1. The van der Waals surface area contributed by atoms with Gasteiger partial charge in [0, 0.05) is 30.2 Å². The number of aromatic nitrogens is 2. The van der Waals surface area contributed by atoms with Gasteiger partial charge in [0.2, 0.25) is 0 Å². The van der Waals surface area contributed by atoms with E-state index in [1.165, 1.54) is 6.42 Å². The smallest absolute Gasteiger partial charge is 0.272 e. The maximum Gasteiger partial charge on any atom is 0.272 e. The number of aryl methyl sites for hydroxylation is 2. The lowest BCUT2D eigenvalue weighted by Gasteiger charge is -2.26. The predicted molar refractivity (Wildman–Crippen MR) is 103 cm³/mol. The highest BCUT2D eigenvalue weighted by Gasteiger charge is 2.20. The fraction of sp³-hybridized carbons (Fsp3) is 0.421. The van der Waals surface area contributed by atoms with Gasteiger partial charge in [0.05, 0.1) is 12.8 Å². The van der Waals surface area contributed by atoms with Crippen molar-refractivity contribution in [2.45, 2.75) is 33.1 Å². The van der Waals surface area contributed by atoms with E-state index in [1.54, 1.807) is 26.2 Å². The highest BCUT2D eigenvalue weighted by molar-refractivity contribution is 6.31. The molecule has 0 atom stereocenters. The number of amides is 1. The molecule has 3 rings (SSSR count). The van der Waals surface area contributed by atoms with E-state index in [1.807, 2.05) is 17.9 Å². The molecule has 0 spiro atoms. The van der Waals surface area contributed by atoms with Crippen LogP contribution in [0.2, 0.25) is 5.02 Å². The van der Waals surface area contributed by atoms with E-state index in [-0.39, 0.29) is 5.91 Å². The third-order valence-corrected chi connectivity index (χ3v) is 4.85. The van der Waals surface area contributed by atoms with Gasteiger partial charge < -0.3 is 15.0 Å². The normalized spacial score (nSPS) is 14.2. The van der Waals surface area contributed by atoms with Gasteiger partial charge in [0.1, 0.15) is 23.1 Å². The number of carbonyl (C=O) groups is 1. The topological polar surface area (TPSA) is 67.3 Å². The summed E-state index contributed by atoms with van der Waals surface area (Å²) in [5, 5.41) is 3.86. The second-order valence-corrected chi connectivity index (χ2v) is 6.87. The van der Waals surface area contributed by atoms with Crippen molar-refractivity contribution >= 4 is 29.0 Å². The lowest BCUT2D eigenvalue weighted by atomic mass is 10.1. The van der Waals surface area contributed by atoms with Crippen LogP contribution in [0.1, 0.15) is 41.1 Å². The summed E-state index contributed by atoms with van der Waals surface area (Å²) in [5.74, 6) is 1.66. The molecule has 6 nitrogen and oxygen atoms in total. The molecule has 2 heterocycles. The minimum absolute atomic E-state index is 0.0440. The van der Waals surface area contributed by atoms with Gasteiger partial charge in [-0.25, -0.2) is 9.97 Å². The van der Waals surface area contributed by atoms with Crippen molar-refractivity contribution in [2.24, 2.45) is 0 Å². The predicted octanol–water partition coefficient (Wildman–Crippen LogP) is 4.13. The highest BCUT2D eigenvalue weighted by atomic mass is 35.5. The molecule has 7 heteroatoms. The van der Waals surface area contributed by atoms with Gasteiger partial charge in [-0.15, -0.1) is 0 Å². The third-order valence-electron chi connectivity index (χ3n) is 4.44. The molecule has 1 aromatic carbocycles. The van der Waals surface area contributed by atoms with E-state index < -0.39 is 0 Å². The van der Waals surface area contributed by atoms with E-state index in [0.29, 0.717) is 28.1 Å². The first-order valence-electron chi connectivity index (χ1n) is 8.74. The van der Waals surface area contributed by atoms with Crippen LogP contribution in [0.5, 0.6) is 5.75 Å². The van der Waals surface area contributed by atoms with Crippen LogP contribution >= 0.6 is 11.6 Å². The summed E-state index contributed by atoms with van der Waals surface area (Å²) >= 11 is 6.16. The van der Waals surface area contributed by atoms with Crippen LogP contribution in [-0.4, -0.2) is 41.0 Å². The second kappa shape index (κ2) is 7.91. The zero-order chi connectivity index (χ0) is 18.7. The molecule has 1 aromatic heterocycles. The number of hydrogen-bond donors (Lipinski definition) is 1. The minimum Gasteiger partial charge on any atom is -0.495 e. The number of anilines is 2. The Kier molecular flexibility index (Phi) is 5.61. The van der Waals surface area contributed by atoms with Crippen molar-refractivity contribution in [3.05, 3.63) is 40.3 Å². The van der Waals surface area contributed by atoms with Crippen LogP contribution in [-0.2, 0) is 0 Å². The van der Waals surface area contributed by atoms with Gasteiger partial charge in [0.25, 0.3) is 5.91 Å². The molecule has 0 radical (unpaired) electrons. The van der Waals surface area contributed by atoms with Crippen LogP contribution in [0, 0.1) is 13.8 Å². The van der Waals surface area contributed by atoms with Crippen LogP contribution in [0.25, 0.3) is 0 Å². The van der Waals surface area contributed by atoms with Gasteiger partial charge >= 0.3 is 0 Å². The number of piperidine rings is 1. The number of benzene rings is 1. The number of rotatable bonds is 4. The molecule has 0 saturated carbocycles. The van der Waals surface area contributed by atoms with E-state index in [2.05, 4.69) is 15.3 Å². The molecule has 26 heavy (non-hydrogen) atoms. The van der Waals surface area contributed by atoms with Crippen molar-refractivity contribution in [1.29, 1.82) is 0 Å². The molecule has 1 aliphatic heterocycles. The Balaban J connectivity index is 1.88. The molecule has 0 unspecified atom stereocenters. The summed E-state index contributed by atoms with van der Waals surface area (Å²) in [6, 6.07) is 5.34. The molecule has 1 aliphatic rings. The summed E-state index contributed by atoms with van der Waals surface area (Å²) in [6.07, 6.45) is 3.26. The van der Waals surface area contributed by atoms with Crippen LogP contribution < -0.4 is 10.1 Å². The SMILES string of the molecule is COc1cc(Cl)c(C)cc1Nc1cc(C(=O)N2CCCCC2)nc(C)n1. The maximum atomic E-state index is 12.7. The molecule has 138 valence electrons. The summed E-state index contributed by atoms with van der Waals surface area (Å²) in [7, 11) is 1.59. The Labute approximate surface area is 158 Å². The first kappa shape index (κ1) is 18.5.